The highest BCUT2D eigenvalue weighted by atomic mass is 16.5. The average molecular weight is 313 g/mol. The fraction of sp³-hybridized carbons (Fsp3) is 0. The van der Waals surface area contributed by atoms with Gasteiger partial charge < -0.3 is 10.1 Å². The standard InChI is InChI=1S/C12H9NO.C8H6N2/c1-3-7-11-9(5-1)13-10-6-2-4-8-12(10)14-11;1-2-4-8-7(3-1)5-6-9-10-8/h1-8,13H;1-6H. The minimum atomic E-state index is 0.881. The Balaban J connectivity index is 0.000000129. The number of hydrogen-bond donors (Lipinski definition) is 1. The van der Waals surface area contributed by atoms with Crippen molar-refractivity contribution in [2.24, 2.45) is 0 Å². The Labute approximate surface area is 139 Å². The van der Waals surface area contributed by atoms with Crippen LogP contribution < -0.4 is 10.1 Å². The number of hydrogen-bond acceptors (Lipinski definition) is 4. The molecule has 4 heteroatoms. The van der Waals surface area contributed by atoms with Gasteiger partial charge in [0.2, 0.25) is 0 Å². The highest BCUT2D eigenvalue weighted by Crippen LogP contribution is 2.40. The number of anilines is 2. The maximum absolute atomic E-state index is 5.71. The summed E-state index contributed by atoms with van der Waals surface area (Å²) in [5.41, 5.74) is 2.99. The zero-order chi connectivity index (χ0) is 16.2. The molecule has 1 aromatic heterocycles. The van der Waals surface area contributed by atoms with Crippen LogP contribution in [-0.2, 0) is 0 Å². The Hall–Kier alpha value is -3.40. The second-order valence-corrected chi connectivity index (χ2v) is 5.31. The van der Waals surface area contributed by atoms with Crippen molar-refractivity contribution in [1.29, 1.82) is 0 Å². The number of benzene rings is 3. The molecule has 4 nitrogen and oxygen atoms in total. The van der Waals surface area contributed by atoms with E-state index >= 15 is 0 Å². The first-order valence-electron chi connectivity index (χ1n) is 7.69. The van der Waals surface area contributed by atoms with E-state index in [2.05, 4.69) is 15.5 Å². The maximum atomic E-state index is 5.71. The molecule has 0 unspecified atom stereocenters. The normalized spacial score (nSPS) is 11.2. The molecule has 0 fully saturated rings. The highest BCUT2D eigenvalue weighted by Gasteiger charge is 2.13. The van der Waals surface area contributed by atoms with Gasteiger partial charge in [-0.15, -0.1) is 0 Å². The van der Waals surface area contributed by atoms with Crippen molar-refractivity contribution in [3.8, 4) is 11.5 Å². The lowest BCUT2D eigenvalue weighted by atomic mass is 10.2. The number of fused-ring (bicyclic) bond motifs is 3. The molecule has 2 heterocycles. The summed E-state index contributed by atoms with van der Waals surface area (Å²) in [5, 5.41) is 12.1. The Morgan fingerprint density at radius 1 is 0.667 bits per heavy atom. The topological polar surface area (TPSA) is 47.0 Å². The highest BCUT2D eigenvalue weighted by molar-refractivity contribution is 5.77. The molecule has 5 rings (SSSR count). The minimum absolute atomic E-state index is 0.881. The van der Waals surface area contributed by atoms with Gasteiger partial charge in [0.05, 0.1) is 23.1 Å². The van der Waals surface area contributed by atoms with Crippen molar-refractivity contribution < 1.29 is 4.74 Å². The van der Waals surface area contributed by atoms with E-state index in [0.29, 0.717) is 0 Å². The molecule has 0 saturated carbocycles. The van der Waals surface area contributed by atoms with Crippen LogP contribution in [0.15, 0.2) is 85.1 Å². The number of ether oxygens (including phenoxy) is 1. The molecule has 1 aliphatic heterocycles. The van der Waals surface area contributed by atoms with E-state index in [9.17, 15) is 0 Å². The summed E-state index contributed by atoms with van der Waals surface area (Å²) in [7, 11) is 0. The van der Waals surface area contributed by atoms with Crippen LogP contribution in [0.1, 0.15) is 0 Å². The van der Waals surface area contributed by atoms with Crippen molar-refractivity contribution in [2.45, 2.75) is 0 Å². The Bertz CT molecular complexity index is 832. The summed E-state index contributed by atoms with van der Waals surface area (Å²) in [4.78, 5) is 0. The molecule has 3 aromatic carbocycles. The largest absolute Gasteiger partial charge is 0.453 e. The number of nitrogens with zero attached hydrogens (tertiary/aromatic N) is 2. The van der Waals surface area contributed by atoms with Crippen molar-refractivity contribution in [3.63, 3.8) is 0 Å². The molecule has 0 amide bonds. The second kappa shape index (κ2) is 6.38. The predicted molar refractivity (Wildman–Crippen MR) is 95.8 cm³/mol. The van der Waals surface area contributed by atoms with Crippen molar-refractivity contribution in [3.05, 3.63) is 85.1 Å². The Morgan fingerprint density at radius 2 is 1.29 bits per heavy atom. The molecule has 116 valence electrons. The zero-order valence-corrected chi connectivity index (χ0v) is 12.9. The monoisotopic (exact) mass is 313 g/mol. The molecule has 0 saturated heterocycles. The lowest BCUT2D eigenvalue weighted by Crippen LogP contribution is -2.01. The lowest BCUT2D eigenvalue weighted by molar-refractivity contribution is 0.481. The maximum Gasteiger partial charge on any atom is 0.150 e. The molecule has 1 N–H and O–H groups in total. The third-order valence-corrected chi connectivity index (χ3v) is 3.69. The van der Waals surface area contributed by atoms with Gasteiger partial charge in [-0.25, -0.2) is 0 Å². The molecule has 0 aliphatic carbocycles. The Kier molecular flexibility index (Phi) is 3.78. The van der Waals surface area contributed by atoms with E-state index < -0.39 is 0 Å². The number of rotatable bonds is 0. The van der Waals surface area contributed by atoms with Crippen molar-refractivity contribution in [2.75, 3.05) is 5.32 Å². The van der Waals surface area contributed by atoms with E-state index in [1.54, 1.807) is 6.20 Å². The summed E-state index contributed by atoms with van der Waals surface area (Å²) < 4.78 is 5.71. The first-order valence-corrected chi connectivity index (χ1v) is 7.69. The molecule has 24 heavy (non-hydrogen) atoms. The van der Waals surface area contributed by atoms with Crippen LogP contribution in [0.4, 0.5) is 11.4 Å². The first-order chi connectivity index (χ1) is 11.9. The van der Waals surface area contributed by atoms with Gasteiger partial charge in [-0.3, -0.25) is 0 Å². The van der Waals surface area contributed by atoms with E-state index in [1.807, 2.05) is 78.9 Å². The van der Waals surface area contributed by atoms with Gasteiger partial charge in [-0.1, -0.05) is 42.5 Å². The molecule has 0 radical (unpaired) electrons. The van der Waals surface area contributed by atoms with Crippen LogP contribution in [0, 0.1) is 0 Å². The summed E-state index contributed by atoms with van der Waals surface area (Å²) >= 11 is 0. The number of aromatic nitrogens is 2. The average Bonchev–Trinajstić information content (AvgIpc) is 2.67. The molecule has 0 spiro atoms. The summed E-state index contributed by atoms with van der Waals surface area (Å²) in [6, 6.07) is 25.7. The van der Waals surface area contributed by atoms with Crippen molar-refractivity contribution in [1.82, 2.24) is 10.2 Å². The fourth-order valence-electron chi connectivity index (χ4n) is 2.51. The summed E-state index contributed by atoms with van der Waals surface area (Å²) in [6.07, 6.45) is 1.70. The van der Waals surface area contributed by atoms with Crippen LogP contribution in [0.3, 0.4) is 0 Å². The number of nitrogens with one attached hydrogen (secondary N) is 1. The van der Waals surface area contributed by atoms with E-state index in [0.717, 1.165) is 33.8 Å². The van der Waals surface area contributed by atoms with Gasteiger partial charge in [-0.05, 0) is 36.4 Å². The van der Waals surface area contributed by atoms with Crippen LogP contribution in [-0.4, -0.2) is 10.2 Å². The van der Waals surface area contributed by atoms with Crippen LogP contribution >= 0.6 is 0 Å². The van der Waals surface area contributed by atoms with Gasteiger partial charge in [0.15, 0.2) is 11.5 Å². The lowest BCUT2D eigenvalue weighted by Gasteiger charge is -2.20. The van der Waals surface area contributed by atoms with Gasteiger partial charge in [-0.2, -0.15) is 10.2 Å². The van der Waals surface area contributed by atoms with Crippen molar-refractivity contribution >= 4 is 22.3 Å². The molecule has 4 aromatic rings. The SMILES string of the molecule is c1ccc2c(c1)Nc1ccccc1O2.c1ccc2nnccc2c1. The van der Waals surface area contributed by atoms with E-state index in [-0.39, 0.29) is 0 Å². The third kappa shape index (κ3) is 2.90. The third-order valence-electron chi connectivity index (χ3n) is 3.69. The van der Waals surface area contributed by atoms with Gasteiger partial charge in [0, 0.05) is 5.39 Å². The molecular formula is C20H15N3O. The Morgan fingerprint density at radius 3 is 2.00 bits per heavy atom. The number of para-hydroxylation sites is 4. The first kappa shape index (κ1) is 14.2. The molecule has 1 aliphatic rings. The van der Waals surface area contributed by atoms with Crippen LogP contribution in [0.2, 0.25) is 0 Å². The van der Waals surface area contributed by atoms with Gasteiger partial charge in [0.1, 0.15) is 0 Å². The smallest absolute Gasteiger partial charge is 0.150 e. The van der Waals surface area contributed by atoms with Crippen LogP contribution in [0.25, 0.3) is 10.9 Å². The molecular weight excluding hydrogens is 298 g/mol. The zero-order valence-electron chi connectivity index (χ0n) is 12.9. The van der Waals surface area contributed by atoms with Crippen LogP contribution in [0.5, 0.6) is 11.5 Å². The quantitative estimate of drug-likeness (QED) is 0.428. The second-order valence-electron chi connectivity index (χ2n) is 5.31. The summed E-state index contributed by atoms with van der Waals surface area (Å²) in [5.74, 6) is 1.76. The molecule has 0 bridgehead atoms. The predicted octanol–water partition coefficient (Wildman–Crippen LogP) is 5.17. The van der Waals surface area contributed by atoms with Gasteiger partial charge >= 0.3 is 0 Å². The molecule has 0 atom stereocenters. The van der Waals surface area contributed by atoms with E-state index in [4.69, 9.17) is 4.74 Å². The minimum Gasteiger partial charge on any atom is -0.453 e. The fourth-order valence-corrected chi connectivity index (χ4v) is 2.51. The van der Waals surface area contributed by atoms with Gasteiger partial charge in [0.25, 0.3) is 0 Å². The summed E-state index contributed by atoms with van der Waals surface area (Å²) in [6.45, 7) is 0. The van der Waals surface area contributed by atoms with E-state index in [1.165, 1.54) is 0 Å².